The van der Waals surface area contributed by atoms with Crippen LogP contribution in [0, 0.1) is 63.2 Å². The van der Waals surface area contributed by atoms with Crippen LogP contribution in [0.15, 0.2) is 48.5 Å². The van der Waals surface area contributed by atoms with Crippen molar-refractivity contribution in [3.8, 4) is 0 Å². The molecule has 228 valence electrons. The van der Waals surface area contributed by atoms with E-state index in [0.29, 0.717) is 24.9 Å². The average molecular weight is 643 g/mol. The molecule has 2 aromatic carbocycles. The Morgan fingerprint density at radius 2 is 0.956 bits per heavy atom. The number of hydrogen-bond donors (Lipinski definition) is 0. The van der Waals surface area contributed by atoms with E-state index < -0.39 is 0 Å². The van der Waals surface area contributed by atoms with Crippen LogP contribution in [0.5, 0.6) is 0 Å². The van der Waals surface area contributed by atoms with E-state index in [1.165, 1.54) is 22.3 Å². The van der Waals surface area contributed by atoms with Crippen LogP contribution in [0.25, 0.3) is 0 Å². The Bertz CT molecular complexity index is 1330. The fourth-order valence-corrected chi connectivity index (χ4v) is 7.06. The molecule has 4 amide bonds. The van der Waals surface area contributed by atoms with E-state index in [4.69, 9.17) is 0 Å². The molecule has 10 radical (unpaired) electrons. The summed E-state index contributed by atoms with van der Waals surface area (Å²) >= 11 is 0. The molecule has 8 rings (SSSR count). The number of amides is 4. The van der Waals surface area contributed by atoms with Gasteiger partial charge in [-0.1, -0.05) is 48.5 Å². The van der Waals surface area contributed by atoms with Crippen molar-refractivity contribution >= 4 is 23.6 Å². The first kappa shape index (κ1) is 31.8. The van der Waals surface area contributed by atoms with Crippen molar-refractivity contribution in [2.24, 2.45) is 0 Å². The van der Waals surface area contributed by atoms with Gasteiger partial charge in [-0.3, -0.25) is 19.2 Å². The molecule has 0 N–H and O–H groups in total. The quantitative estimate of drug-likeness (QED) is 0.473. The summed E-state index contributed by atoms with van der Waals surface area (Å²) in [7, 11) is 0. The van der Waals surface area contributed by atoms with Crippen molar-refractivity contribution in [1.82, 2.24) is 19.6 Å². The van der Waals surface area contributed by atoms with E-state index >= 15 is 0 Å². The third-order valence-electron chi connectivity index (χ3n) is 9.30. The number of benzene rings is 2. The van der Waals surface area contributed by atoms with Crippen molar-refractivity contribution in [3.05, 3.63) is 134 Å². The number of fused-ring (bicyclic) bond motifs is 6. The maximum absolute atomic E-state index is 12.5. The van der Waals surface area contributed by atoms with E-state index in [1.54, 1.807) is 35.5 Å². The topological polar surface area (TPSA) is 81.2 Å². The minimum atomic E-state index is -0.0546. The van der Waals surface area contributed by atoms with Crippen molar-refractivity contribution < 1.29 is 36.2 Å². The molecule has 2 aliphatic carbocycles. The second-order valence-electron chi connectivity index (χ2n) is 11.8. The Balaban J connectivity index is 0.000000155. The zero-order chi connectivity index (χ0) is 30.2. The van der Waals surface area contributed by atoms with Gasteiger partial charge in [-0.15, -0.1) is 0 Å². The first-order valence-electron chi connectivity index (χ1n) is 15.2. The summed E-state index contributed by atoms with van der Waals surface area (Å²) < 4.78 is 0. The zero-order valence-corrected chi connectivity index (χ0v) is 25.9. The molecule has 0 spiro atoms. The van der Waals surface area contributed by atoms with Gasteiger partial charge in [0.2, 0.25) is 23.6 Å². The summed E-state index contributed by atoms with van der Waals surface area (Å²) in [6.45, 7) is 3.02. The molecule has 8 nitrogen and oxygen atoms in total. The van der Waals surface area contributed by atoms with Gasteiger partial charge in [-0.05, 0) is 86.5 Å². The van der Waals surface area contributed by atoms with Crippen LogP contribution in [0.3, 0.4) is 0 Å². The van der Waals surface area contributed by atoms with Gasteiger partial charge in [-0.25, -0.2) is 0 Å². The summed E-state index contributed by atoms with van der Waals surface area (Å²) in [5.41, 5.74) is 4.95. The summed E-state index contributed by atoms with van der Waals surface area (Å²) in [6.07, 6.45) is 16.4. The zero-order valence-electron chi connectivity index (χ0n) is 24.8. The minimum absolute atomic E-state index is 0. The van der Waals surface area contributed by atoms with Crippen LogP contribution in [-0.2, 0) is 49.1 Å². The van der Waals surface area contributed by atoms with E-state index in [9.17, 15) is 19.2 Å². The molecule has 45 heavy (non-hydrogen) atoms. The normalized spacial score (nSPS) is 24.5. The SMILES string of the molecule is O=C([C]1[CH][CH][CH][CH]1)N1CC(=O)N2CCc3ccccc3C2C1.O=C([C]1[CH][CH][CH][CH]1)N1CC(=O)N2CCc3ccccc3C2C1.[Fe+2]. The summed E-state index contributed by atoms with van der Waals surface area (Å²) in [6, 6.07) is 16.5. The van der Waals surface area contributed by atoms with Crippen LogP contribution >= 0.6 is 0 Å². The fraction of sp³-hybridized carbons (Fsp3) is 0.278. The molecular formula is C36H34FeN4O4+2. The maximum Gasteiger partial charge on any atom is 2.00 e. The molecule has 9 heteroatoms. The Labute approximate surface area is 276 Å². The van der Waals surface area contributed by atoms with Crippen molar-refractivity contribution in [3.63, 3.8) is 0 Å². The summed E-state index contributed by atoms with van der Waals surface area (Å²) in [5, 5.41) is 0. The summed E-state index contributed by atoms with van der Waals surface area (Å²) in [5.74, 6) is 1.30. The van der Waals surface area contributed by atoms with Gasteiger partial charge in [0, 0.05) is 26.2 Å². The van der Waals surface area contributed by atoms with Crippen LogP contribution in [0.1, 0.15) is 34.3 Å². The third kappa shape index (κ3) is 6.31. The number of carbonyl (C=O) groups excluding carboxylic acids is 4. The number of carbonyl (C=O) groups is 4. The molecule has 6 aliphatic rings. The number of piperazine rings is 2. The smallest absolute Gasteiger partial charge is 0.332 e. The largest absolute Gasteiger partial charge is 2.00 e. The predicted octanol–water partition coefficient (Wildman–Crippen LogP) is 2.72. The number of hydrogen-bond acceptors (Lipinski definition) is 4. The van der Waals surface area contributed by atoms with Gasteiger partial charge in [0.05, 0.1) is 37.0 Å². The van der Waals surface area contributed by atoms with E-state index in [2.05, 4.69) is 24.3 Å². The van der Waals surface area contributed by atoms with Crippen molar-refractivity contribution in [2.45, 2.75) is 24.9 Å². The first-order valence-corrected chi connectivity index (χ1v) is 15.2. The molecule has 2 unspecified atom stereocenters. The molecule has 2 aromatic rings. The number of rotatable bonds is 2. The van der Waals surface area contributed by atoms with Crippen molar-refractivity contribution in [1.29, 1.82) is 0 Å². The molecular weight excluding hydrogens is 608 g/mol. The average Bonchev–Trinajstić information content (AvgIpc) is 3.80. The molecule has 0 bridgehead atoms. The molecule has 2 atom stereocenters. The van der Waals surface area contributed by atoms with E-state index in [0.717, 1.165) is 25.9 Å². The van der Waals surface area contributed by atoms with Gasteiger partial charge < -0.3 is 19.6 Å². The van der Waals surface area contributed by atoms with Crippen LogP contribution in [-0.4, -0.2) is 82.5 Å². The predicted molar refractivity (Wildman–Crippen MR) is 163 cm³/mol. The van der Waals surface area contributed by atoms with Crippen molar-refractivity contribution in [2.75, 3.05) is 39.3 Å². The fourth-order valence-electron chi connectivity index (χ4n) is 7.06. The van der Waals surface area contributed by atoms with Gasteiger partial charge in [0.15, 0.2) is 0 Å². The van der Waals surface area contributed by atoms with Crippen LogP contribution in [0.4, 0.5) is 0 Å². The molecule has 0 aromatic heterocycles. The van der Waals surface area contributed by atoms with Gasteiger partial charge in [-0.2, -0.15) is 0 Å². The molecule has 4 heterocycles. The molecule has 2 saturated heterocycles. The molecule has 2 saturated carbocycles. The van der Waals surface area contributed by atoms with E-state index in [1.807, 2.05) is 59.7 Å². The molecule has 4 aliphatic heterocycles. The Kier molecular flexibility index (Phi) is 9.67. The number of nitrogens with zero attached hydrogens (tertiary/aromatic N) is 4. The standard InChI is InChI=1S/2C18H17N2O2.Fe/c2*21-17-12-19(18(22)14-6-1-2-7-14)11-16-15-8-4-3-5-13(15)9-10-20(16)17;/h2*1-8,16H,9-12H2;/q;;+2. The van der Waals surface area contributed by atoms with E-state index in [-0.39, 0.29) is 65.9 Å². The second kappa shape index (κ2) is 13.7. The van der Waals surface area contributed by atoms with Gasteiger partial charge in [0.1, 0.15) is 0 Å². The first-order chi connectivity index (χ1) is 21.5. The van der Waals surface area contributed by atoms with Crippen LogP contribution in [0.2, 0.25) is 0 Å². The Morgan fingerprint density at radius 3 is 1.36 bits per heavy atom. The maximum atomic E-state index is 12.5. The minimum Gasteiger partial charge on any atom is -0.332 e. The van der Waals surface area contributed by atoms with Crippen LogP contribution < -0.4 is 0 Å². The summed E-state index contributed by atoms with van der Waals surface area (Å²) in [4.78, 5) is 57.2. The van der Waals surface area contributed by atoms with Gasteiger partial charge in [0.25, 0.3) is 0 Å². The Hall–Kier alpha value is -3.16. The second-order valence-corrected chi connectivity index (χ2v) is 11.8. The third-order valence-corrected chi connectivity index (χ3v) is 9.30. The van der Waals surface area contributed by atoms with Gasteiger partial charge >= 0.3 is 17.1 Å². The molecule has 4 fully saturated rings. The Morgan fingerprint density at radius 1 is 0.578 bits per heavy atom. The monoisotopic (exact) mass is 642 g/mol.